The van der Waals surface area contributed by atoms with Gasteiger partial charge < -0.3 is 15.2 Å². The van der Waals surface area contributed by atoms with E-state index < -0.39 is 11.4 Å². The van der Waals surface area contributed by atoms with E-state index in [1.54, 1.807) is 32.9 Å². The molecule has 6 heteroatoms. The standard InChI is InChI=1S/C11H22N2O4/c1-11(2,10(15)16)8-13(3)7-9(14)12-5-6-17-4/h5-8H2,1-4H3,(H,12,14)(H,15,16). The number of aliphatic carboxylic acids is 1. The molecule has 0 bridgehead atoms. The highest BCUT2D eigenvalue weighted by atomic mass is 16.5. The summed E-state index contributed by atoms with van der Waals surface area (Å²) in [7, 11) is 3.29. The molecule has 1 amide bonds. The maximum atomic E-state index is 11.4. The lowest BCUT2D eigenvalue weighted by Gasteiger charge is -2.25. The monoisotopic (exact) mass is 246 g/mol. The first-order valence-electron chi connectivity index (χ1n) is 5.47. The van der Waals surface area contributed by atoms with Gasteiger partial charge in [-0.05, 0) is 20.9 Å². The predicted molar refractivity (Wildman–Crippen MR) is 63.8 cm³/mol. The molecular formula is C11H22N2O4. The van der Waals surface area contributed by atoms with Crippen LogP contribution >= 0.6 is 0 Å². The van der Waals surface area contributed by atoms with Crippen molar-refractivity contribution in [1.29, 1.82) is 0 Å². The summed E-state index contributed by atoms with van der Waals surface area (Å²) in [6.07, 6.45) is 0. The van der Waals surface area contributed by atoms with Gasteiger partial charge in [0.05, 0.1) is 18.6 Å². The highest BCUT2D eigenvalue weighted by molar-refractivity contribution is 5.78. The van der Waals surface area contributed by atoms with Gasteiger partial charge in [-0.15, -0.1) is 0 Å². The highest BCUT2D eigenvalue weighted by Gasteiger charge is 2.28. The van der Waals surface area contributed by atoms with Crippen LogP contribution in [0, 0.1) is 5.41 Å². The molecule has 0 fully saturated rings. The summed E-state index contributed by atoms with van der Waals surface area (Å²) in [6, 6.07) is 0. The lowest BCUT2D eigenvalue weighted by Crippen LogP contribution is -2.42. The van der Waals surface area contributed by atoms with Gasteiger partial charge in [-0.1, -0.05) is 0 Å². The summed E-state index contributed by atoms with van der Waals surface area (Å²) in [5, 5.41) is 11.6. The lowest BCUT2D eigenvalue weighted by atomic mass is 9.93. The number of methoxy groups -OCH3 is 1. The van der Waals surface area contributed by atoms with Gasteiger partial charge in [0.15, 0.2) is 0 Å². The average Bonchev–Trinajstić information content (AvgIpc) is 2.16. The lowest BCUT2D eigenvalue weighted by molar-refractivity contribution is -0.148. The van der Waals surface area contributed by atoms with Gasteiger partial charge in [-0.25, -0.2) is 0 Å². The summed E-state index contributed by atoms with van der Waals surface area (Å²) in [5.41, 5.74) is -0.860. The van der Waals surface area contributed by atoms with Crippen LogP contribution in [0.3, 0.4) is 0 Å². The number of nitrogens with one attached hydrogen (secondary N) is 1. The zero-order chi connectivity index (χ0) is 13.5. The minimum Gasteiger partial charge on any atom is -0.481 e. The van der Waals surface area contributed by atoms with Crippen LogP contribution in [0.5, 0.6) is 0 Å². The summed E-state index contributed by atoms with van der Waals surface area (Å²) >= 11 is 0. The molecule has 2 N–H and O–H groups in total. The summed E-state index contributed by atoms with van der Waals surface area (Å²) < 4.78 is 4.80. The van der Waals surface area contributed by atoms with Crippen LogP contribution in [0.15, 0.2) is 0 Å². The van der Waals surface area contributed by atoms with Crippen LogP contribution in [0.25, 0.3) is 0 Å². The van der Waals surface area contributed by atoms with Gasteiger partial charge in [0.1, 0.15) is 0 Å². The summed E-state index contributed by atoms with van der Waals surface area (Å²) in [4.78, 5) is 24.0. The second-order valence-electron chi connectivity index (χ2n) is 4.70. The van der Waals surface area contributed by atoms with E-state index >= 15 is 0 Å². The van der Waals surface area contributed by atoms with E-state index in [9.17, 15) is 9.59 Å². The zero-order valence-electron chi connectivity index (χ0n) is 10.9. The second kappa shape index (κ2) is 7.24. The van der Waals surface area contributed by atoms with Crippen LogP contribution in [-0.4, -0.2) is 62.3 Å². The minimum absolute atomic E-state index is 0.134. The van der Waals surface area contributed by atoms with Crippen molar-refractivity contribution >= 4 is 11.9 Å². The van der Waals surface area contributed by atoms with E-state index in [1.165, 1.54) is 0 Å². The fourth-order valence-corrected chi connectivity index (χ4v) is 1.39. The third-order valence-electron chi connectivity index (χ3n) is 2.29. The number of amides is 1. The maximum absolute atomic E-state index is 11.4. The van der Waals surface area contributed by atoms with E-state index in [0.717, 1.165) is 0 Å². The molecule has 0 spiro atoms. The Balaban J connectivity index is 3.97. The van der Waals surface area contributed by atoms with Crippen molar-refractivity contribution in [3.8, 4) is 0 Å². The fraction of sp³-hybridized carbons (Fsp3) is 0.818. The molecule has 0 aromatic rings. The van der Waals surface area contributed by atoms with Crippen LogP contribution in [0.2, 0.25) is 0 Å². The van der Waals surface area contributed by atoms with E-state index in [4.69, 9.17) is 9.84 Å². The van der Waals surface area contributed by atoms with E-state index in [0.29, 0.717) is 19.7 Å². The van der Waals surface area contributed by atoms with Crippen LogP contribution < -0.4 is 5.32 Å². The largest absolute Gasteiger partial charge is 0.481 e. The average molecular weight is 246 g/mol. The quantitative estimate of drug-likeness (QED) is 0.579. The molecule has 0 heterocycles. The Morgan fingerprint density at radius 3 is 2.47 bits per heavy atom. The molecule has 0 aliphatic carbocycles. The van der Waals surface area contributed by atoms with E-state index in [-0.39, 0.29) is 12.5 Å². The van der Waals surface area contributed by atoms with E-state index in [2.05, 4.69) is 5.32 Å². The molecule has 0 saturated carbocycles. The summed E-state index contributed by atoms with van der Waals surface area (Å²) in [5.74, 6) is -1.00. The van der Waals surface area contributed by atoms with Crippen molar-refractivity contribution < 1.29 is 19.4 Å². The van der Waals surface area contributed by atoms with Crippen molar-refractivity contribution in [2.45, 2.75) is 13.8 Å². The molecule has 0 aliphatic rings. The Labute approximate surface area is 102 Å². The van der Waals surface area contributed by atoms with Gasteiger partial charge in [-0.3, -0.25) is 14.5 Å². The highest BCUT2D eigenvalue weighted by Crippen LogP contribution is 2.15. The van der Waals surface area contributed by atoms with Gasteiger partial charge in [0, 0.05) is 20.2 Å². The smallest absolute Gasteiger partial charge is 0.310 e. The van der Waals surface area contributed by atoms with E-state index in [1.807, 2.05) is 0 Å². The molecule has 0 rings (SSSR count). The Hall–Kier alpha value is -1.14. The molecule has 0 aromatic heterocycles. The molecule has 17 heavy (non-hydrogen) atoms. The van der Waals surface area contributed by atoms with Crippen LogP contribution in [0.4, 0.5) is 0 Å². The topological polar surface area (TPSA) is 78.9 Å². The maximum Gasteiger partial charge on any atom is 0.310 e. The molecule has 0 atom stereocenters. The first-order valence-corrected chi connectivity index (χ1v) is 5.47. The molecule has 0 aromatic carbocycles. The number of likely N-dealkylation sites (N-methyl/N-ethyl adjacent to an activating group) is 1. The fourth-order valence-electron chi connectivity index (χ4n) is 1.39. The molecule has 0 radical (unpaired) electrons. The van der Waals surface area contributed by atoms with Crippen molar-refractivity contribution in [2.24, 2.45) is 5.41 Å². The number of nitrogens with zero attached hydrogens (tertiary/aromatic N) is 1. The number of hydrogen-bond acceptors (Lipinski definition) is 4. The number of carboxylic acids is 1. The number of carbonyl (C=O) groups excluding carboxylic acids is 1. The molecule has 100 valence electrons. The molecule has 0 aliphatic heterocycles. The molecule has 6 nitrogen and oxygen atoms in total. The van der Waals surface area contributed by atoms with Crippen LogP contribution in [0.1, 0.15) is 13.8 Å². The van der Waals surface area contributed by atoms with Crippen molar-refractivity contribution in [3.63, 3.8) is 0 Å². The van der Waals surface area contributed by atoms with Crippen LogP contribution in [-0.2, 0) is 14.3 Å². The normalized spacial score (nSPS) is 11.6. The minimum atomic E-state index is -0.871. The van der Waals surface area contributed by atoms with Gasteiger partial charge >= 0.3 is 5.97 Å². The number of rotatable bonds is 8. The van der Waals surface area contributed by atoms with Crippen molar-refractivity contribution in [3.05, 3.63) is 0 Å². The number of ether oxygens (including phenoxy) is 1. The molecular weight excluding hydrogens is 224 g/mol. The van der Waals surface area contributed by atoms with Crippen molar-refractivity contribution in [1.82, 2.24) is 10.2 Å². The molecule has 0 unspecified atom stereocenters. The Bertz CT molecular complexity index is 266. The van der Waals surface area contributed by atoms with Crippen molar-refractivity contribution in [2.75, 3.05) is 40.4 Å². The first kappa shape index (κ1) is 15.9. The Morgan fingerprint density at radius 1 is 1.41 bits per heavy atom. The van der Waals surface area contributed by atoms with Gasteiger partial charge in [0.2, 0.25) is 5.91 Å². The Kier molecular flexibility index (Phi) is 6.75. The van der Waals surface area contributed by atoms with Gasteiger partial charge in [0.25, 0.3) is 0 Å². The number of hydrogen-bond donors (Lipinski definition) is 2. The molecule has 0 saturated heterocycles. The van der Waals surface area contributed by atoms with Gasteiger partial charge in [-0.2, -0.15) is 0 Å². The second-order valence-corrected chi connectivity index (χ2v) is 4.70. The number of carbonyl (C=O) groups is 2. The SMILES string of the molecule is COCCNC(=O)CN(C)CC(C)(C)C(=O)O. The Morgan fingerprint density at radius 2 is 2.00 bits per heavy atom. The predicted octanol–water partition coefficient (Wildman–Crippen LogP) is -0.208. The summed E-state index contributed by atoms with van der Waals surface area (Å²) in [6.45, 7) is 4.70. The first-order chi connectivity index (χ1) is 7.79. The third kappa shape index (κ3) is 6.91. The third-order valence-corrected chi connectivity index (χ3v) is 2.29. The number of carboxylic acid groups (broad SMARTS) is 1. The zero-order valence-corrected chi connectivity index (χ0v) is 10.9.